The van der Waals surface area contributed by atoms with E-state index in [0.717, 1.165) is 37.2 Å². The largest absolute Gasteiger partial charge is 0.493 e. The highest BCUT2D eigenvalue weighted by Crippen LogP contribution is 2.18. The van der Waals surface area contributed by atoms with E-state index >= 15 is 0 Å². The van der Waals surface area contributed by atoms with Gasteiger partial charge in [0, 0.05) is 24.8 Å². The summed E-state index contributed by atoms with van der Waals surface area (Å²) >= 11 is 0. The fraction of sp³-hybridized carbons (Fsp3) is 0.667. The molecule has 0 bridgehead atoms. The van der Waals surface area contributed by atoms with Crippen LogP contribution in [0, 0.1) is 5.92 Å². The lowest BCUT2D eigenvalue weighted by Crippen LogP contribution is -2.34. The summed E-state index contributed by atoms with van der Waals surface area (Å²) in [4.78, 5) is 0. The second-order valence-corrected chi connectivity index (χ2v) is 6.45. The van der Waals surface area contributed by atoms with E-state index in [-0.39, 0.29) is 0 Å². The Bertz CT molecular complexity index is 383. The first kappa shape index (κ1) is 16.2. The van der Waals surface area contributed by atoms with Crippen molar-refractivity contribution in [1.82, 2.24) is 5.32 Å². The number of rotatable bonds is 8. The molecule has 0 unspecified atom stereocenters. The summed E-state index contributed by atoms with van der Waals surface area (Å²) < 4.78 is 5.69. The van der Waals surface area contributed by atoms with Gasteiger partial charge in [0.2, 0.25) is 0 Å². The van der Waals surface area contributed by atoms with Gasteiger partial charge in [0.15, 0.2) is 0 Å². The van der Waals surface area contributed by atoms with E-state index in [1.807, 2.05) is 12.1 Å². The minimum absolute atomic E-state index is 0.564. The Morgan fingerprint density at radius 1 is 1.05 bits per heavy atom. The smallest absolute Gasteiger partial charge is 0.119 e. The summed E-state index contributed by atoms with van der Waals surface area (Å²) in [6.45, 7) is 7.11. The Labute approximate surface area is 129 Å². The molecule has 1 aromatic carbocycles. The molecule has 3 nitrogen and oxygen atoms in total. The summed E-state index contributed by atoms with van der Waals surface area (Å²) in [6.07, 6.45) is 6.90. The summed E-state index contributed by atoms with van der Waals surface area (Å²) in [5, 5.41) is 7.11. The third-order valence-electron chi connectivity index (χ3n) is 3.93. The molecule has 1 aromatic rings. The molecule has 0 heterocycles. The van der Waals surface area contributed by atoms with Crippen LogP contribution in [0.1, 0.15) is 46.0 Å². The van der Waals surface area contributed by atoms with Crippen molar-refractivity contribution >= 4 is 5.69 Å². The van der Waals surface area contributed by atoms with Crippen LogP contribution < -0.4 is 15.4 Å². The van der Waals surface area contributed by atoms with Crippen molar-refractivity contribution in [3.05, 3.63) is 24.3 Å². The second kappa shape index (κ2) is 8.93. The van der Waals surface area contributed by atoms with Crippen molar-refractivity contribution in [3.63, 3.8) is 0 Å². The molecule has 2 rings (SSSR count). The predicted octanol–water partition coefficient (Wildman–Crippen LogP) is 4.06. The highest BCUT2D eigenvalue weighted by atomic mass is 16.5. The molecule has 0 radical (unpaired) electrons. The average molecular weight is 290 g/mol. The fourth-order valence-corrected chi connectivity index (χ4v) is 2.72. The Morgan fingerprint density at radius 2 is 1.76 bits per heavy atom. The SMILES string of the molecule is CC(C)COc1ccc(NCCNC2CCCCC2)cc1. The zero-order valence-electron chi connectivity index (χ0n) is 13.5. The number of nitrogens with one attached hydrogen (secondary N) is 2. The van der Waals surface area contributed by atoms with Crippen LogP contribution in [-0.2, 0) is 0 Å². The summed E-state index contributed by atoms with van der Waals surface area (Å²) in [5.74, 6) is 1.52. The van der Waals surface area contributed by atoms with E-state index in [1.54, 1.807) is 0 Å². The molecule has 1 aliphatic rings. The number of benzene rings is 1. The second-order valence-electron chi connectivity index (χ2n) is 6.45. The number of hydrogen-bond acceptors (Lipinski definition) is 3. The monoisotopic (exact) mass is 290 g/mol. The maximum absolute atomic E-state index is 5.69. The molecule has 1 fully saturated rings. The molecule has 0 aromatic heterocycles. The topological polar surface area (TPSA) is 33.3 Å². The number of ether oxygens (including phenoxy) is 1. The van der Waals surface area contributed by atoms with Crippen LogP contribution in [0.25, 0.3) is 0 Å². The Balaban J connectivity index is 1.61. The first-order chi connectivity index (χ1) is 10.2. The molecule has 21 heavy (non-hydrogen) atoms. The van der Waals surface area contributed by atoms with Gasteiger partial charge in [0.25, 0.3) is 0 Å². The average Bonchev–Trinajstić information content (AvgIpc) is 2.52. The van der Waals surface area contributed by atoms with Gasteiger partial charge in [-0.25, -0.2) is 0 Å². The minimum Gasteiger partial charge on any atom is -0.493 e. The van der Waals surface area contributed by atoms with Crippen LogP contribution in [0.5, 0.6) is 5.75 Å². The summed E-state index contributed by atoms with van der Waals surface area (Å²) in [5.41, 5.74) is 1.16. The van der Waals surface area contributed by atoms with Crippen LogP contribution in [0.4, 0.5) is 5.69 Å². The van der Waals surface area contributed by atoms with Crippen LogP contribution in [0.3, 0.4) is 0 Å². The molecule has 118 valence electrons. The quantitative estimate of drug-likeness (QED) is 0.708. The molecule has 3 heteroatoms. The van der Waals surface area contributed by atoms with Gasteiger partial charge in [-0.15, -0.1) is 0 Å². The lowest BCUT2D eigenvalue weighted by atomic mass is 9.95. The van der Waals surface area contributed by atoms with E-state index in [9.17, 15) is 0 Å². The minimum atomic E-state index is 0.564. The normalized spacial score (nSPS) is 16.1. The zero-order valence-corrected chi connectivity index (χ0v) is 13.5. The maximum Gasteiger partial charge on any atom is 0.119 e. The van der Waals surface area contributed by atoms with Crippen molar-refractivity contribution in [2.75, 3.05) is 25.0 Å². The molecule has 1 aliphatic carbocycles. The zero-order chi connectivity index (χ0) is 14.9. The number of hydrogen-bond donors (Lipinski definition) is 2. The van der Waals surface area contributed by atoms with Gasteiger partial charge in [0.1, 0.15) is 5.75 Å². The Morgan fingerprint density at radius 3 is 2.43 bits per heavy atom. The maximum atomic E-state index is 5.69. The van der Waals surface area contributed by atoms with Gasteiger partial charge < -0.3 is 15.4 Å². The Kier molecular flexibility index (Phi) is 6.87. The van der Waals surface area contributed by atoms with Gasteiger partial charge >= 0.3 is 0 Å². The molecule has 0 aliphatic heterocycles. The lowest BCUT2D eigenvalue weighted by molar-refractivity contribution is 0.271. The molecular formula is C18H30N2O. The van der Waals surface area contributed by atoms with Crippen molar-refractivity contribution in [2.24, 2.45) is 5.92 Å². The molecule has 1 saturated carbocycles. The Hall–Kier alpha value is -1.22. The fourth-order valence-electron chi connectivity index (χ4n) is 2.72. The highest BCUT2D eigenvalue weighted by Gasteiger charge is 2.11. The van der Waals surface area contributed by atoms with Gasteiger partial charge in [-0.05, 0) is 43.0 Å². The van der Waals surface area contributed by atoms with E-state index in [1.165, 1.54) is 32.1 Å². The molecule has 0 saturated heterocycles. The molecule has 0 atom stereocenters. The van der Waals surface area contributed by atoms with Gasteiger partial charge in [-0.3, -0.25) is 0 Å². The van der Waals surface area contributed by atoms with E-state index in [2.05, 4.69) is 36.6 Å². The molecule has 2 N–H and O–H groups in total. The highest BCUT2D eigenvalue weighted by molar-refractivity contribution is 5.46. The van der Waals surface area contributed by atoms with Crippen LogP contribution in [-0.4, -0.2) is 25.7 Å². The van der Waals surface area contributed by atoms with E-state index < -0.39 is 0 Å². The van der Waals surface area contributed by atoms with Crippen molar-refractivity contribution in [2.45, 2.75) is 52.0 Å². The summed E-state index contributed by atoms with van der Waals surface area (Å²) in [7, 11) is 0. The van der Waals surface area contributed by atoms with Crippen molar-refractivity contribution < 1.29 is 4.74 Å². The molecule has 0 amide bonds. The molecule has 0 spiro atoms. The third-order valence-corrected chi connectivity index (χ3v) is 3.93. The van der Waals surface area contributed by atoms with Crippen LogP contribution in [0.15, 0.2) is 24.3 Å². The van der Waals surface area contributed by atoms with Crippen LogP contribution in [0.2, 0.25) is 0 Å². The molecular weight excluding hydrogens is 260 g/mol. The number of anilines is 1. The first-order valence-electron chi connectivity index (χ1n) is 8.44. The van der Waals surface area contributed by atoms with Gasteiger partial charge in [-0.1, -0.05) is 33.1 Å². The predicted molar refractivity (Wildman–Crippen MR) is 90.1 cm³/mol. The van der Waals surface area contributed by atoms with E-state index in [4.69, 9.17) is 4.74 Å². The third kappa shape index (κ3) is 6.38. The summed E-state index contributed by atoms with van der Waals surface area (Å²) in [6, 6.07) is 9.01. The first-order valence-corrected chi connectivity index (χ1v) is 8.44. The van der Waals surface area contributed by atoms with Crippen LogP contribution >= 0.6 is 0 Å². The lowest BCUT2D eigenvalue weighted by Gasteiger charge is -2.23. The standard InChI is InChI=1S/C18H30N2O/c1-15(2)14-21-18-10-8-17(9-11-18)20-13-12-19-16-6-4-3-5-7-16/h8-11,15-16,19-20H,3-7,12-14H2,1-2H3. The van der Waals surface area contributed by atoms with Gasteiger partial charge in [-0.2, -0.15) is 0 Å². The van der Waals surface area contributed by atoms with Crippen molar-refractivity contribution in [1.29, 1.82) is 0 Å². The van der Waals surface area contributed by atoms with Crippen molar-refractivity contribution in [3.8, 4) is 5.75 Å². The van der Waals surface area contributed by atoms with E-state index in [0.29, 0.717) is 5.92 Å². The van der Waals surface area contributed by atoms with Gasteiger partial charge in [0.05, 0.1) is 6.61 Å².